The van der Waals surface area contributed by atoms with Crippen LogP contribution in [0.3, 0.4) is 0 Å². The molecule has 2 rings (SSSR count). The molecule has 10 nitrogen and oxygen atoms in total. The van der Waals surface area contributed by atoms with E-state index in [-0.39, 0.29) is 30.7 Å². The molecule has 38 heavy (non-hydrogen) atoms. The number of nitrogens with zero attached hydrogens (tertiary/aromatic N) is 1. The quantitative estimate of drug-likeness (QED) is 0.241. The van der Waals surface area contributed by atoms with E-state index in [1.54, 1.807) is 43.9 Å². The van der Waals surface area contributed by atoms with Gasteiger partial charge in [-0.25, -0.2) is 4.79 Å². The van der Waals surface area contributed by atoms with E-state index in [9.17, 15) is 14.4 Å². The number of rotatable bonds is 15. The number of thiocarbonyl (C=S) groups is 1. The van der Waals surface area contributed by atoms with Crippen molar-refractivity contribution in [1.82, 2.24) is 15.5 Å². The van der Waals surface area contributed by atoms with Gasteiger partial charge in [-0.2, -0.15) is 0 Å². The van der Waals surface area contributed by atoms with Crippen molar-refractivity contribution in [2.24, 2.45) is 0 Å². The number of thioether (sulfide) groups is 1. The molecule has 0 aliphatic carbocycles. The average Bonchev–Trinajstić information content (AvgIpc) is 3.29. The van der Waals surface area contributed by atoms with Gasteiger partial charge in [-0.05, 0) is 39.3 Å². The van der Waals surface area contributed by atoms with Crippen molar-refractivity contribution in [3.05, 3.63) is 29.3 Å². The third kappa shape index (κ3) is 11.1. The number of carbonyl (C=O) groups excluding carboxylic acids is 3. The minimum Gasteiger partial charge on any atom is -0.492 e. The first-order chi connectivity index (χ1) is 18.1. The Hall–Kier alpha value is -2.41. The predicted octanol–water partition coefficient (Wildman–Crippen LogP) is 3.63. The molecule has 1 heterocycles. The summed E-state index contributed by atoms with van der Waals surface area (Å²) in [5.41, 5.74) is 0.0811. The third-order valence-electron chi connectivity index (χ3n) is 5.06. The Kier molecular flexibility index (Phi) is 13.8. The lowest BCUT2D eigenvalue weighted by molar-refractivity contribution is 0.0400. The molecule has 2 N–H and O–H groups in total. The van der Waals surface area contributed by atoms with Crippen LogP contribution >= 0.6 is 24.0 Å². The van der Waals surface area contributed by atoms with Crippen molar-refractivity contribution < 1.29 is 33.3 Å². The number of ether oxygens (including phenoxy) is 4. The van der Waals surface area contributed by atoms with E-state index in [0.29, 0.717) is 55.0 Å². The van der Waals surface area contributed by atoms with Crippen LogP contribution in [0.2, 0.25) is 0 Å². The van der Waals surface area contributed by atoms with Crippen molar-refractivity contribution in [3.8, 4) is 5.75 Å². The van der Waals surface area contributed by atoms with Crippen LogP contribution in [-0.2, 0) is 14.2 Å². The summed E-state index contributed by atoms with van der Waals surface area (Å²) in [6.07, 6.45) is 1.24. The molecule has 1 aromatic carbocycles. The lowest BCUT2D eigenvalue weighted by Gasteiger charge is -2.19. The molecule has 0 atom stereocenters. The van der Waals surface area contributed by atoms with Crippen LogP contribution in [-0.4, -0.2) is 91.2 Å². The maximum Gasteiger partial charge on any atom is 0.407 e. The summed E-state index contributed by atoms with van der Waals surface area (Å²) in [5.74, 6) is 0.422. The lowest BCUT2D eigenvalue weighted by atomic mass is 10.1. The van der Waals surface area contributed by atoms with Crippen LogP contribution < -0.4 is 15.4 Å². The molecule has 0 spiro atoms. The minimum atomic E-state index is -0.543. The number of hydrogen-bond acceptors (Lipinski definition) is 9. The van der Waals surface area contributed by atoms with Gasteiger partial charge in [0.05, 0.1) is 44.2 Å². The smallest absolute Gasteiger partial charge is 0.407 e. The summed E-state index contributed by atoms with van der Waals surface area (Å²) in [5, 5.41) is 5.43. The van der Waals surface area contributed by atoms with Gasteiger partial charge in [-0.3, -0.25) is 14.5 Å². The molecular formula is C26H39N3O7S2. The van der Waals surface area contributed by atoms with E-state index in [1.807, 2.05) is 6.92 Å². The molecule has 0 radical (unpaired) electrons. The number of hydrogen-bond donors (Lipinski definition) is 2. The SMILES string of the molecule is CCCCOc1c(C(=O)NCCOCCOCCNC(=O)OC(C)(C)C)cccc1C(=O)N1CCSC1=S. The number of unbranched alkanes of at least 4 members (excludes halogenated alkanes) is 1. The van der Waals surface area contributed by atoms with Crippen LogP contribution in [0.4, 0.5) is 4.79 Å². The van der Waals surface area contributed by atoms with Gasteiger partial charge in [0, 0.05) is 25.4 Å². The maximum absolute atomic E-state index is 13.2. The van der Waals surface area contributed by atoms with Crippen LogP contribution in [0.5, 0.6) is 5.75 Å². The molecule has 12 heteroatoms. The fourth-order valence-corrected chi connectivity index (χ4v) is 4.48. The Morgan fingerprint density at radius 1 is 1.00 bits per heavy atom. The zero-order chi connectivity index (χ0) is 28.0. The zero-order valence-corrected chi connectivity index (χ0v) is 24.3. The number of amides is 3. The first-order valence-corrected chi connectivity index (χ1v) is 14.2. The van der Waals surface area contributed by atoms with E-state index in [4.69, 9.17) is 31.2 Å². The maximum atomic E-state index is 13.2. The summed E-state index contributed by atoms with van der Waals surface area (Å²) in [6, 6.07) is 4.98. The second-order valence-electron chi connectivity index (χ2n) is 9.36. The molecule has 1 aliphatic rings. The summed E-state index contributed by atoms with van der Waals surface area (Å²) < 4.78 is 22.5. The zero-order valence-electron chi connectivity index (χ0n) is 22.6. The highest BCUT2D eigenvalue weighted by molar-refractivity contribution is 8.23. The van der Waals surface area contributed by atoms with Crippen LogP contribution in [0.1, 0.15) is 61.3 Å². The molecule has 0 saturated carbocycles. The highest BCUT2D eigenvalue weighted by atomic mass is 32.2. The van der Waals surface area contributed by atoms with Crippen LogP contribution in [0.15, 0.2) is 18.2 Å². The van der Waals surface area contributed by atoms with Gasteiger partial charge in [-0.1, -0.05) is 43.4 Å². The van der Waals surface area contributed by atoms with Crippen LogP contribution in [0.25, 0.3) is 0 Å². The highest BCUT2D eigenvalue weighted by Gasteiger charge is 2.29. The molecule has 212 valence electrons. The van der Waals surface area contributed by atoms with Gasteiger partial charge in [0.2, 0.25) is 0 Å². The van der Waals surface area contributed by atoms with E-state index in [0.717, 1.165) is 18.6 Å². The summed E-state index contributed by atoms with van der Waals surface area (Å²) >= 11 is 6.77. The monoisotopic (exact) mass is 569 g/mol. The van der Waals surface area contributed by atoms with Gasteiger partial charge in [0.1, 0.15) is 15.7 Å². The molecule has 0 bridgehead atoms. The fourth-order valence-electron chi connectivity index (χ4n) is 3.27. The van der Waals surface area contributed by atoms with E-state index >= 15 is 0 Å². The van der Waals surface area contributed by atoms with E-state index in [2.05, 4.69) is 10.6 Å². The number of nitrogens with one attached hydrogen (secondary N) is 2. The van der Waals surface area contributed by atoms with Crippen LogP contribution in [0, 0.1) is 0 Å². The second-order valence-corrected chi connectivity index (χ2v) is 11.1. The number of carbonyl (C=O) groups is 3. The molecule has 0 unspecified atom stereocenters. The predicted molar refractivity (Wildman–Crippen MR) is 151 cm³/mol. The minimum absolute atomic E-state index is 0.259. The number of para-hydroxylation sites is 1. The van der Waals surface area contributed by atoms with E-state index < -0.39 is 11.7 Å². The largest absolute Gasteiger partial charge is 0.492 e. The number of benzene rings is 1. The first-order valence-electron chi connectivity index (χ1n) is 12.8. The van der Waals surface area contributed by atoms with E-state index in [1.165, 1.54) is 11.8 Å². The van der Waals surface area contributed by atoms with Crippen molar-refractivity contribution in [3.63, 3.8) is 0 Å². The Bertz CT molecular complexity index is 953. The summed E-state index contributed by atoms with van der Waals surface area (Å²) in [7, 11) is 0. The molecule has 1 aromatic rings. The average molecular weight is 570 g/mol. The third-order valence-corrected chi connectivity index (χ3v) is 6.49. The van der Waals surface area contributed by atoms with Crippen molar-refractivity contribution in [2.45, 2.75) is 46.1 Å². The Morgan fingerprint density at radius 3 is 2.26 bits per heavy atom. The summed E-state index contributed by atoms with van der Waals surface area (Å²) in [6.45, 7) is 10.3. The first kappa shape index (κ1) is 31.8. The van der Waals surface area contributed by atoms with Crippen molar-refractivity contribution >= 4 is 46.2 Å². The standard InChI is InChI=1S/C26H39N3O7S2/c1-5-6-13-35-21-19(8-7-9-20(21)23(31)29-12-18-38-25(29)37)22(30)27-10-14-33-16-17-34-15-11-28-24(32)36-26(2,3)4/h7-9H,5-6,10-18H2,1-4H3,(H,27,30)(H,28,32). The molecule has 3 amide bonds. The molecule has 1 saturated heterocycles. The Labute approximate surface area is 234 Å². The molecule has 1 aliphatic heterocycles. The fraction of sp³-hybridized carbons (Fsp3) is 0.615. The molecular weight excluding hydrogens is 530 g/mol. The van der Waals surface area contributed by atoms with Crippen molar-refractivity contribution in [2.75, 3.05) is 58.4 Å². The van der Waals surface area contributed by atoms with Gasteiger partial charge >= 0.3 is 6.09 Å². The Morgan fingerprint density at radius 2 is 1.66 bits per heavy atom. The van der Waals surface area contributed by atoms with Crippen molar-refractivity contribution in [1.29, 1.82) is 0 Å². The lowest BCUT2D eigenvalue weighted by Crippen LogP contribution is -2.34. The Balaban J connectivity index is 1.77. The normalized spacial score (nSPS) is 13.4. The molecule has 1 fully saturated rings. The van der Waals surface area contributed by atoms with Gasteiger partial charge in [0.25, 0.3) is 11.8 Å². The van der Waals surface area contributed by atoms with Gasteiger partial charge < -0.3 is 29.6 Å². The van der Waals surface area contributed by atoms with Gasteiger partial charge in [-0.15, -0.1) is 0 Å². The second kappa shape index (κ2) is 16.5. The summed E-state index contributed by atoms with van der Waals surface area (Å²) in [4.78, 5) is 39.2. The highest BCUT2D eigenvalue weighted by Crippen LogP contribution is 2.29. The number of alkyl carbamates (subject to hydrolysis) is 1. The van der Waals surface area contributed by atoms with Gasteiger partial charge in [0.15, 0.2) is 0 Å². The molecule has 0 aromatic heterocycles. The topological polar surface area (TPSA) is 115 Å².